The van der Waals surface area contributed by atoms with Crippen LogP contribution in [0.25, 0.3) is 0 Å². The molecule has 1 heterocycles. The van der Waals surface area contributed by atoms with Gasteiger partial charge in [-0.1, -0.05) is 30.3 Å². The summed E-state index contributed by atoms with van der Waals surface area (Å²) in [6, 6.07) is 10.1. The Balaban J connectivity index is 1.15. The molecule has 0 unspecified atom stereocenters. The van der Waals surface area contributed by atoms with Crippen molar-refractivity contribution in [2.24, 2.45) is 0 Å². The van der Waals surface area contributed by atoms with Crippen molar-refractivity contribution in [2.45, 2.75) is 6.61 Å². The van der Waals surface area contributed by atoms with Gasteiger partial charge in [-0.2, -0.15) is 0 Å². The first-order chi connectivity index (χ1) is 21.8. The van der Waals surface area contributed by atoms with E-state index in [9.17, 15) is 9.59 Å². The van der Waals surface area contributed by atoms with Crippen LogP contribution >= 0.6 is 0 Å². The van der Waals surface area contributed by atoms with Gasteiger partial charge in [-0.15, -0.1) is 0 Å². The lowest BCUT2D eigenvalue weighted by Gasteiger charge is -2.13. The van der Waals surface area contributed by atoms with E-state index in [4.69, 9.17) is 47.4 Å². The molecule has 0 aromatic heterocycles. The zero-order valence-corrected chi connectivity index (χ0v) is 25.7. The predicted molar refractivity (Wildman–Crippen MR) is 159 cm³/mol. The average Bonchev–Trinajstić information content (AvgIpc) is 3.36. The Morgan fingerprint density at radius 1 is 0.386 bits per heavy atom. The van der Waals surface area contributed by atoms with Crippen LogP contribution < -0.4 is 0 Å². The highest BCUT2D eigenvalue weighted by Crippen LogP contribution is 2.02. The van der Waals surface area contributed by atoms with Crippen molar-refractivity contribution in [1.82, 2.24) is 4.90 Å². The molecule has 0 saturated heterocycles. The molecular formula is C31H49NO12. The Hall–Kier alpha value is -2.30. The fourth-order valence-corrected chi connectivity index (χ4v) is 3.55. The molecule has 0 atom stereocenters. The van der Waals surface area contributed by atoms with Crippen molar-refractivity contribution in [3.05, 3.63) is 48.0 Å². The van der Waals surface area contributed by atoms with E-state index >= 15 is 0 Å². The molecule has 1 aromatic rings. The zero-order chi connectivity index (χ0) is 31.2. The lowest BCUT2D eigenvalue weighted by molar-refractivity contribution is -0.137. The molecule has 1 aliphatic heterocycles. The molecule has 0 bridgehead atoms. The fraction of sp³-hybridized carbons (Fsp3) is 0.677. The van der Waals surface area contributed by atoms with Crippen molar-refractivity contribution < 1.29 is 57.0 Å². The van der Waals surface area contributed by atoms with Gasteiger partial charge in [-0.05, 0) is 5.56 Å². The molecule has 1 aromatic carbocycles. The highest BCUT2D eigenvalue weighted by atomic mass is 16.6. The lowest BCUT2D eigenvalue weighted by atomic mass is 10.2. The summed E-state index contributed by atoms with van der Waals surface area (Å²) in [5.74, 6) is -0.610. The number of amides is 2. The Bertz CT molecular complexity index is 839. The van der Waals surface area contributed by atoms with Crippen LogP contribution in [0.3, 0.4) is 0 Å². The van der Waals surface area contributed by atoms with Gasteiger partial charge in [0.2, 0.25) is 0 Å². The summed E-state index contributed by atoms with van der Waals surface area (Å²) in [5.41, 5.74) is 1.15. The first-order valence-electron chi connectivity index (χ1n) is 15.1. The molecule has 44 heavy (non-hydrogen) atoms. The van der Waals surface area contributed by atoms with E-state index in [2.05, 4.69) is 0 Å². The number of imide groups is 1. The SMILES string of the molecule is O=C1C=CC(=O)N1CCOCCOCCOCCOCCOCCOCCOCCOCCOCCOCc1ccccc1. The molecule has 2 rings (SSSR count). The first kappa shape index (κ1) is 37.9. The molecule has 0 N–H and O–H groups in total. The minimum Gasteiger partial charge on any atom is -0.377 e. The van der Waals surface area contributed by atoms with Gasteiger partial charge in [0, 0.05) is 12.2 Å². The summed E-state index contributed by atoms with van der Waals surface area (Å²) in [6.07, 6.45) is 2.51. The van der Waals surface area contributed by atoms with E-state index in [0.29, 0.717) is 126 Å². The minimum atomic E-state index is -0.305. The largest absolute Gasteiger partial charge is 0.377 e. The van der Waals surface area contributed by atoms with Gasteiger partial charge in [-0.3, -0.25) is 14.5 Å². The molecule has 1 aliphatic rings. The molecule has 250 valence electrons. The number of carbonyl (C=O) groups excluding carboxylic acids is 2. The Morgan fingerprint density at radius 3 is 1.02 bits per heavy atom. The van der Waals surface area contributed by atoms with Gasteiger partial charge in [-0.25, -0.2) is 0 Å². The number of rotatable bonds is 32. The number of carbonyl (C=O) groups is 2. The van der Waals surface area contributed by atoms with E-state index in [1.54, 1.807) is 0 Å². The molecule has 0 saturated carbocycles. The highest BCUT2D eigenvalue weighted by Gasteiger charge is 2.22. The Labute approximate surface area is 260 Å². The van der Waals surface area contributed by atoms with Crippen LogP contribution in [0.4, 0.5) is 0 Å². The minimum absolute atomic E-state index is 0.241. The van der Waals surface area contributed by atoms with E-state index in [1.807, 2.05) is 30.3 Å². The van der Waals surface area contributed by atoms with E-state index < -0.39 is 0 Å². The maximum atomic E-state index is 11.4. The molecule has 13 nitrogen and oxygen atoms in total. The summed E-state index contributed by atoms with van der Waals surface area (Å²) in [7, 11) is 0. The summed E-state index contributed by atoms with van der Waals surface area (Å²) in [5, 5.41) is 0. The van der Waals surface area contributed by atoms with Crippen LogP contribution in [-0.2, 0) is 63.6 Å². The number of hydrogen-bond acceptors (Lipinski definition) is 12. The number of benzene rings is 1. The second kappa shape index (κ2) is 28.2. The van der Waals surface area contributed by atoms with Crippen molar-refractivity contribution in [3.8, 4) is 0 Å². The van der Waals surface area contributed by atoms with Crippen LogP contribution in [0.15, 0.2) is 42.5 Å². The third-order valence-corrected chi connectivity index (χ3v) is 5.82. The lowest BCUT2D eigenvalue weighted by Crippen LogP contribution is -2.33. The van der Waals surface area contributed by atoms with Crippen molar-refractivity contribution in [1.29, 1.82) is 0 Å². The Kier molecular flexibility index (Phi) is 24.3. The highest BCUT2D eigenvalue weighted by molar-refractivity contribution is 6.12. The second-order valence-corrected chi connectivity index (χ2v) is 9.21. The quantitative estimate of drug-likeness (QED) is 0.0843. The number of hydrogen-bond donors (Lipinski definition) is 0. The number of nitrogens with zero attached hydrogens (tertiary/aromatic N) is 1. The first-order valence-corrected chi connectivity index (χ1v) is 15.1. The standard InChI is InChI=1S/C31H49NO12/c33-30-6-7-31(34)32(30)8-9-35-10-11-36-12-13-37-14-15-38-16-17-39-18-19-40-20-21-41-22-23-42-24-25-43-26-27-44-28-29-4-2-1-3-5-29/h1-7H,8-28H2. The molecule has 13 heteroatoms. The van der Waals surface area contributed by atoms with E-state index in [0.717, 1.165) is 10.5 Å². The van der Waals surface area contributed by atoms with Gasteiger partial charge in [0.15, 0.2) is 0 Å². The maximum Gasteiger partial charge on any atom is 0.253 e. The maximum absolute atomic E-state index is 11.4. The monoisotopic (exact) mass is 627 g/mol. The smallest absolute Gasteiger partial charge is 0.253 e. The topological polar surface area (TPSA) is 130 Å². The molecule has 0 fully saturated rings. The summed E-state index contributed by atoms with van der Waals surface area (Å²) in [4.78, 5) is 23.9. The van der Waals surface area contributed by atoms with Crippen molar-refractivity contribution >= 4 is 11.8 Å². The van der Waals surface area contributed by atoms with Crippen LogP contribution in [-0.4, -0.2) is 149 Å². The normalized spacial score (nSPS) is 13.0. The molecule has 0 aliphatic carbocycles. The van der Waals surface area contributed by atoms with Gasteiger partial charge >= 0.3 is 0 Å². The van der Waals surface area contributed by atoms with Gasteiger partial charge < -0.3 is 47.4 Å². The Morgan fingerprint density at radius 2 is 0.682 bits per heavy atom. The molecular weight excluding hydrogens is 578 g/mol. The molecule has 0 spiro atoms. The second-order valence-electron chi connectivity index (χ2n) is 9.21. The van der Waals surface area contributed by atoms with Crippen LogP contribution in [0.5, 0.6) is 0 Å². The van der Waals surface area contributed by atoms with Gasteiger partial charge in [0.1, 0.15) is 0 Å². The van der Waals surface area contributed by atoms with Crippen molar-refractivity contribution in [3.63, 3.8) is 0 Å². The van der Waals surface area contributed by atoms with Crippen LogP contribution in [0, 0.1) is 0 Å². The van der Waals surface area contributed by atoms with Crippen molar-refractivity contribution in [2.75, 3.05) is 132 Å². The zero-order valence-electron chi connectivity index (χ0n) is 25.7. The number of ether oxygens (including phenoxy) is 10. The third-order valence-electron chi connectivity index (χ3n) is 5.82. The van der Waals surface area contributed by atoms with Crippen LogP contribution in [0.2, 0.25) is 0 Å². The molecule has 2 amide bonds. The molecule has 0 radical (unpaired) electrons. The van der Waals surface area contributed by atoms with E-state index in [-0.39, 0.29) is 25.0 Å². The van der Waals surface area contributed by atoms with Crippen LogP contribution in [0.1, 0.15) is 5.56 Å². The third kappa shape index (κ3) is 21.4. The summed E-state index contributed by atoms with van der Waals surface area (Å²) in [6.45, 7) is 9.90. The summed E-state index contributed by atoms with van der Waals surface area (Å²) >= 11 is 0. The van der Waals surface area contributed by atoms with Gasteiger partial charge in [0.05, 0.1) is 139 Å². The summed E-state index contributed by atoms with van der Waals surface area (Å²) < 4.78 is 54.6. The fourth-order valence-electron chi connectivity index (χ4n) is 3.55. The van der Waals surface area contributed by atoms with E-state index in [1.165, 1.54) is 12.2 Å². The average molecular weight is 628 g/mol. The predicted octanol–water partition coefficient (Wildman–Crippen LogP) is 1.28. The van der Waals surface area contributed by atoms with Gasteiger partial charge in [0.25, 0.3) is 11.8 Å².